The number of piperidine rings is 1. The summed E-state index contributed by atoms with van der Waals surface area (Å²) in [6.45, 7) is 4.82. The van der Waals surface area contributed by atoms with Crippen LogP contribution in [0.1, 0.15) is 56.2 Å². The van der Waals surface area contributed by atoms with Crippen molar-refractivity contribution in [2.45, 2.75) is 56.5 Å². The highest BCUT2D eigenvalue weighted by molar-refractivity contribution is 6.42. The molecule has 0 bridgehead atoms. The summed E-state index contributed by atoms with van der Waals surface area (Å²) >= 11 is 12.5. The van der Waals surface area contributed by atoms with Gasteiger partial charge in [-0.05, 0) is 74.5 Å². The van der Waals surface area contributed by atoms with Crippen molar-refractivity contribution in [3.63, 3.8) is 0 Å². The van der Waals surface area contributed by atoms with Crippen molar-refractivity contribution in [1.29, 1.82) is 0 Å². The Balaban J connectivity index is 1.48. The van der Waals surface area contributed by atoms with Crippen molar-refractivity contribution in [2.75, 3.05) is 32.8 Å². The lowest BCUT2D eigenvalue weighted by atomic mass is 9.78. The summed E-state index contributed by atoms with van der Waals surface area (Å²) in [5.41, 5.74) is 0.392. The van der Waals surface area contributed by atoms with E-state index in [1.165, 1.54) is 12.1 Å². The third-order valence-corrected chi connectivity index (χ3v) is 8.59. The minimum atomic E-state index is -0.955. The summed E-state index contributed by atoms with van der Waals surface area (Å²) in [6, 6.07) is 10.6. The highest BCUT2D eigenvalue weighted by atomic mass is 35.5. The Bertz CT molecular complexity index is 1110. The van der Waals surface area contributed by atoms with Gasteiger partial charge in [-0.1, -0.05) is 41.4 Å². The van der Waals surface area contributed by atoms with Crippen LogP contribution in [0, 0.1) is 5.82 Å². The predicted molar refractivity (Wildman–Crippen MR) is 143 cm³/mol. The number of rotatable bonds is 9. The molecule has 0 spiro atoms. The van der Waals surface area contributed by atoms with Gasteiger partial charge < -0.3 is 20.2 Å². The fourth-order valence-corrected chi connectivity index (χ4v) is 5.66. The van der Waals surface area contributed by atoms with E-state index in [2.05, 4.69) is 10.2 Å². The smallest absolute Gasteiger partial charge is 0.230 e. The predicted octanol–water partition coefficient (Wildman–Crippen LogP) is 4.72. The average molecular weight is 551 g/mol. The van der Waals surface area contributed by atoms with Gasteiger partial charge in [0.05, 0.1) is 28.1 Å². The number of benzene rings is 2. The summed E-state index contributed by atoms with van der Waals surface area (Å²) in [5, 5.41) is 13.7. The fraction of sp³-hybridized carbons (Fsp3) is 0.500. The molecule has 0 saturated carbocycles. The SMILES string of the molecule is CC(CCN1CCC(N2CCCC2=O)CC1)(C(=O)N[C@@H](CO)c1ccc(F)cc1)c1ccc(Cl)c(Cl)c1. The molecule has 37 heavy (non-hydrogen) atoms. The van der Waals surface area contributed by atoms with E-state index in [4.69, 9.17) is 23.2 Å². The topological polar surface area (TPSA) is 72.9 Å². The van der Waals surface area contributed by atoms with Gasteiger partial charge in [0.1, 0.15) is 5.82 Å². The van der Waals surface area contributed by atoms with Crippen LogP contribution in [-0.4, -0.2) is 65.5 Å². The number of aliphatic hydroxyl groups excluding tert-OH is 1. The van der Waals surface area contributed by atoms with Crippen LogP contribution in [0.4, 0.5) is 4.39 Å². The van der Waals surface area contributed by atoms with Crippen molar-refractivity contribution in [1.82, 2.24) is 15.1 Å². The van der Waals surface area contributed by atoms with Gasteiger partial charge in [0.15, 0.2) is 0 Å². The minimum absolute atomic E-state index is 0.258. The van der Waals surface area contributed by atoms with E-state index < -0.39 is 11.5 Å². The molecule has 2 heterocycles. The molecule has 4 rings (SSSR count). The van der Waals surface area contributed by atoms with Gasteiger partial charge in [-0.2, -0.15) is 0 Å². The molecule has 2 fully saturated rings. The number of carbonyl (C=O) groups is 2. The van der Waals surface area contributed by atoms with Gasteiger partial charge in [-0.15, -0.1) is 0 Å². The molecule has 2 aliphatic heterocycles. The molecule has 0 radical (unpaired) electrons. The maximum atomic E-state index is 13.8. The van der Waals surface area contributed by atoms with E-state index in [1.807, 2.05) is 17.9 Å². The number of halogens is 3. The molecule has 2 saturated heterocycles. The summed E-state index contributed by atoms with van der Waals surface area (Å²) < 4.78 is 13.4. The molecule has 200 valence electrons. The zero-order chi connectivity index (χ0) is 26.6. The molecule has 2 aromatic carbocycles. The molecule has 6 nitrogen and oxygen atoms in total. The first-order valence-electron chi connectivity index (χ1n) is 12.9. The lowest BCUT2D eigenvalue weighted by molar-refractivity contribution is -0.131. The maximum Gasteiger partial charge on any atom is 0.230 e. The summed E-state index contributed by atoms with van der Waals surface area (Å²) in [7, 11) is 0. The van der Waals surface area contributed by atoms with Crippen LogP contribution < -0.4 is 5.32 Å². The fourth-order valence-electron chi connectivity index (χ4n) is 5.37. The molecule has 2 N–H and O–H groups in total. The van der Waals surface area contributed by atoms with E-state index in [1.54, 1.807) is 24.3 Å². The number of amides is 2. The molecule has 1 unspecified atom stereocenters. The van der Waals surface area contributed by atoms with Crippen LogP contribution in [0.2, 0.25) is 10.0 Å². The molecule has 2 aliphatic rings. The van der Waals surface area contributed by atoms with Gasteiger partial charge in [0.25, 0.3) is 0 Å². The largest absolute Gasteiger partial charge is 0.394 e. The number of hydrogen-bond acceptors (Lipinski definition) is 4. The number of nitrogens with zero attached hydrogens (tertiary/aromatic N) is 2. The number of aliphatic hydroxyl groups is 1. The summed E-state index contributed by atoms with van der Waals surface area (Å²) in [6.07, 6.45) is 3.98. The van der Waals surface area contributed by atoms with Crippen LogP contribution in [0.25, 0.3) is 0 Å². The third-order valence-electron chi connectivity index (χ3n) is 7.85. The Hall–Kier alpha value is -2.19. The monoisotopic (exact) mass is 549 g/mol. The highest BCUT2D eigenvalue weighted by Crippen LogP contribution is 2.34. The molecule has 2 amide bonds. The van der Waals surface area contributed by atoms with Crippen LogP contribution in [0.3, 0.4) is 0 Å². The number of hydrogen-bond donors (Lipinski definition) is 2. The van der Waals surface area contributed by atoms with Gasteiger partial charge in [0.2, 0.25) is 11.8 Å². The molecular formula is C28H34Cl2FN3O3. The van der Waals surface area contributed by atoms with Crippen LogP contribution in [-0.2, 0) is 15.0 Å². The van der Waals surface area contributed by atoms with Crippen molar-refractivity contribution >= 4 is 35.0 Å². The van der Waals surface area contributed by atoms with Gasteiger partial charge >= 0.3 is 0 Å². The minimum Gasteiger partial charge on any atom is -0.394 e. The lowest BCUT2D eigenvalue weighted by Crippen LogP contribution is -2.49. The molecule has 2 atom stereocenters. The van der Waals surface area contributed by atoms with E-state index in [0.29, 0.717) is 41.0 Å². The quantitative estimate of drug-likeness (QED) is 0.474. The number of nitrogens with one attached hydrogen (secondary N) is 1. The third kappa shape index (κ3) is 6.45. The van der Waals surface area contributed by atoms with E-state index in [-0.39, 0.29) is 24.2 Å². The maximum absolute atomic E-state index is 13.8. The second-order valence-electron chi connectivity index (χ2n) is 10.2. The molecular weight excluding hydrogens is 516 g/mol. The van der Waals surface area contributed by atoms with Crippen molar-refractivity contribution in [3.8, 4) is 0 Å². The van der Waals surface area contributed by atoms with Crippen molar-refractivity contribution < 1.29 is 19.1 Å². The second kappa shape index (κ2) is 12.1. The normalized spacial score (nSPS) is 19.6. The lowest BCUT2D eigenvalue weighted by Gasteiger charge is -2.38. The van der Waals surface area contributed by atoms with E-state index in [9.17, 15) is 19.1 Å². The number of likely N-dealkylation sites (tertiary alicyclic amines) is 2. The Kier molecular flexibility index (Phi) is 9.11. The van der Waals surface area contributed by atoms with Crippen LogP contribution in [0.15, 0.2) is 42.5 Å². The van der Waals surface area contributed by atoms with Crippen LogP contribution >= 0.6 is 23.2 Å². The summed E-state index contributed by atoms with van der Waals surface area (Å²) in [4.78, 5) is 30.3. The first-order chi connectivity index (χ1) is 17.7. The second-order valence-corrected chi connectivity index (χ2v) is 11.0. The standard InChI is InChI=1S/C28H34Cl2FN3O3/c1-28(20-6-9-23(29)24(30)17-20,27(37)32-25(18-35)19-4-7-21(31)8-5-19)12-16-33-14-10-22(11-15-33)34-13-2-3-26(34)36/h4-9,17,22,25,35H,2-3,10-16,18H2,1H3,(H,32,37)/t25-,28?/m0/s1. The highest BCUT2D eigenvalue weighted by Gasteiger charge is 2.38. The number of carbonyl (C=O) groups excluding carboxylic acids is 2. The zero-order valence-corrected chi connectivity index (χ0v) is 22.6. The average Bonchev–Trinajstić information content (AvgIpc) is 3.33. The van der Waals surface area contributed by atoms with Gasteiger partial charge in [0, 0.05) is 32.1 Å². The molecule has 0 aromatic heterocycles. The van der Waals surface area contributed by atoms with Gasteiger partial charge in [-0.25, -0.2) is 4.39 Å². The van der Waals surface area contributed by atoms with Crippen LogP contribution in [0.5, 0.6) is 0 Å². The first-order valence-corrected chi connectivity index (χ1v) is 13.6. The summed E-state index contributed by atoms with van der Waals surface area (Å²) in [5.74, 6) is -0.376. The molecule has 2 aromatic rings. The zero-order valence-electron chi connectivity index (χ0n) is 21.1. The Morgan fingerprint density at radius 3 is 2.43 bits per heavy atom. The van der Waals surface area contributed by atoms with Crippen molar-refractivity contribution in [3.05, 3.63) is 69.5 Å². The van der Waals surface area contributed by atoms with Crippen molar-refractivity contribution in [2.24, 2.45) is 0 Å². The Morgan fingerprint density at radius 2 is 1.84 bits per heavy atom. The first kappa shape index (κ1) is 27.8. The molecule has 9 heteroatoms. The Labute approximate surface area is 227 Å². The van der Waals surface area contributed by atoms with E-state index in [0.717, 1.165) is 44.5 Å². The Morgan fingerprint density at radius 1 is 1.14 bits per heavy atom. The van der Waals surface area contributed by atoms with E-state index >= 15 is 0 Å². The molecule has 0 aliphatic carbocycles. The van der Waals surface area contributed by atoms with Gasteiger partial charge in [-0.3, -0.25) is 9.59 Å².